The topological polar surface area (TPSA) is 108 Å². The minimum atomic E-state index is -1.09. The first kappa shape index (κ1) is 23.7. The number of carbonyl (C=O) groups excluding carboxylic acids is 3. The standard InChI is InChI=1S/C25H35N3O5/c1-6-16(14-29)28-19(21(31)27-23(2,3)4)25-13-12-24(5,33-25)17(18(25)22(28)32)20(30)26-15-10-8-7-9-11-15/h7-11,16-19,29H,6,12-14H2,1-5H3,(H,26,30)(H,27,31)/t16-,17+,18-,19?,24-,25?/m0/s1. The van der Waals surface area contributed by atoms with Gasteiger partial charge in [0.05, 0.1) is 30.1 Å². The maximum atomic E-state index is 13.9. The van der Waals surface area contributed by atoms with E-state index in [0.717, 1.165) is 0 Å². The minimum Gasteiger partial charge on any atom is -0.394 e. The van der Waals surface area contributed by atoms with Crippen molar-refractivity contribution in [1.82, 2.24) is 10.2 Å². The number of rotatable bonds is 6. The lowest BCUT2D eigenvalue weighted by atomic mass is 9.66. The molecule has 2 unspecified atom stereocenters. The molecule has 1 spiro atoms. The number of benzene rings is 1. The van der Waals surface area contributed by atoms with E-state index in [0.29, 0.717) is 24.9 Å². The van der Waals surface area contributed by atoms with E-state index in [2.05, 4.69) is 10.6 Å². The van der Waals surface area contributed by atoms with Gasteiger partial charge in [0.2, 0.25) is 17.7 Å². The Kier molecular flexibility index (Phi) is 5.81. The molecule has 6 atom stereocenters. The van der Waals surface area contributed by atoms with Crippen LogP contribution >= 0.6 is 0 Å². The molecule has 3 fully saturated rings. The van der Waals surface area contributed by atoms with E-state index in [4.69, 9.17) is 4.74 Å². The van der Waals surface area contributed by atoms with E-state index in [9.17, 15) is 19.5 Å². The highest BCUT2D eigenvalue weighted by Gasteiger charge is 2.78. The van der Waals surface area contributed by atoms with Gasteiger partial charge in [-0.15, -0.1) is 0 Å². The third-order valence-corrected chi connectivity index (χ3v) is 7.36. The van der Waals surface area contributed by atoms with Gasteiger partial charge < -0.3 is 25.4 Å². The Morgan fingerprint density at radius 2 is 1.88 bits per heavy atom. The number of aliphatic hydroxyl groups excluding tert-OH is 1. The van der Waals surface area contributed by atoms with Crippen LogP contribution in [0.2, 0.25) is 0 Å². The molecule has 3 amide bonds. The van der Waals surface area contributed by atoms with Gasteiger partial charge in [0.25, 0.3) is 0 Å². The number of para-hydroxylation sites is 1. The molecular formula is C25H35N3O5. The number of hydrogen-bond donors (Lipinski definition) is 3. The number of carbonyl (C=O) groups is 3. The lowest BCUT2D eigenvalue weighted by Crippen LogP contribution is -2.60. The summed E-state index contributed by atoms with van der Waals surface area (Å²) in [4.78, 5) is 42.5. The molecule has 0 radical (unpaired) electrons. The molecule has 3 saturated heterocycles. The van der Waals surface area contributed by atoms with Crippen molar-refractivity contribution in [3.05, 3.63) is 30.3 Å². The Labute approximate surface area is 195 Å². The van der Waals surface area contributed by atoms with Gasteiger partial charge >= 0.3 is 0 Å². The van der Waals surface area contributed by atoms with Crippen LogP contribution in [0.4, 0.5) is 5.69 Å². The normalized spacial score (nSPS) is 33.7. The van der Waals surface area contributed by atoms with Crippen molar-refractivity contribution in [2.24, 2.45) is 11.8 Å². The molecule has 3 aliphatic heterocycles. The maximum absolute atomic E-state index is 13.9. The van der Waals surface area contributed by atoms with Crippen molar-refractivity contribution in [3.63, 3.8) is 0 Å². The zero-order chi connectivity index (χ0) is 24.2. The highest BCUT2D eigenvalue weighted by Crippen LogP contribution is 2.63. The molecule has 8 heteroatoms. The SMILES string of the molecule is CC[C@@H](CO)N1C(=O)[C@@H]2[C@H](C(=O)Nc3ccccc3)[C@]3(C)CCC2(O3)C1C(=O)NC(C)(C)C. The second-order valence-electron chi connectivity index (χ2n) is 10.8. The van der Waals surface area contributed by atoms with Crippen molar-refractivity contribution in [2.75, 3.05) is 11.9 Å². The van der Waals surface area contributed by atoms with Crippen LogP contribution in [0.15, 0.2) is 30.3 Å². The number of aliphatic hydroxyl groups is 1. The van der Waals surface area contributed by atoms with Crippen molar-refractivity contribution in [1.29, 1.82) is 0 Å². The molecule has 180 valence electrons. The molecule has 0 aromatic heterocycles. The minimum absolute atomic E-state index is 0.261. The molecule has 1 aromatic carbocycles. The molecule has 0 aliphatic carbocycles. The molecule has 3 N–H and O–H groups in total. The highest BCUT2D eigenvalue weighted by atomic mass is 16.5. The monoisotopic (exact) mass is 457 g/mol. The van der Waals surface area contributed by atoms with Gasteiger partial charge in [0.15, 0.2) is 0 Å². The predicted molar refractivity (Wildman–Crippen MR) is 123 cm³/mol. The van der Waals surface area contributed by atoms with E-state index < -0.39 is 40.7 Å². The van der Waals surface area contributed by atoms with Crippen molar-refractivity contribution in [3.8, 4) is 0 Å². The summed E-state index contributed by atoms with van der Waals surface area (Å²) < 4.78 is 6.57. The summed E-state index contributed by atoms with van der Waals surface area (Å²) in [5.74, 6) is -2.39. The number of fused-ring (bicyclic) bond motifs is 1. The van der Waals surface area contributed by atoms with Crippen LogP contribution in [0.3, 0.4) is 0 Å². The van der Waals surface area contributed by atoms with Crippen molar-refractivity contribution < 1.29 is 24.2 Å². The fraction of sp³-hybridized carbons (Fsp3) is 0.640. The van der Waals surface area contributed by atoms with Crippen molar-refractivity contribution >= 4 is 23.4 Å². The Bertz CT molecular complexity index is 941. The molecule has 33 heavy (non-hydrogen) atoms. The fourth-order valence-corrected chi connectivity index (χ4v) is 6.05. The van der Waals surface area contributed by atoms with Gasteiger partial charge in [-0.1, -0.05) is 25.1 Å². The van der Waals surface area contributed by atoms with E-state index >= 15 is 0 Å². The number of nitrogens with one attached hydrogen (secondary N) is 2. The van der Waals surface area contributed by atoms with Gasteiger partial charge in [0, 0.05) is 11.2 Å². The fourth-order valence-electron chi connectivity index (χ4n) is 6.05. The first-order valence-corrected chi connectivity index (χ1v) is 11.8. The van der Waals surface area contributed by atoms with Gasteiger partial charge in [-0.3, -0.25) is 14.4 Å². The molecule has 3 heterocycles. The molecular weight excluding hydrogens is 422 g/mol. The molecule has 4 rings (SSSR count). The number of hydrogen-bond acceptors (Lipinski definition) is 5. The van der Waals surface area contributed by atoms with Crippen LogP contribution < -0.4 is 10.6 Å². The number of anilines is 1. The van der Waals surface area contributed by atoms with Crippen LogP contribution in [0.5, 0.6) is 0 Å². The lowest BCUT2D eigenvalue weighted by molar-refractivity contribution is -0.149. The summed E-state index contributed by atoms with van der Waals surface area (Å²) in [5, 5.41) is 16.0. The van der Waals surface area contributed by atoms with Gasteiger partial charge in [-0.25, -0.2) is 0 Å². The van der Waals surface area contributed by atoms with Gasteiger partial charge in [-0.05, 0) is 59.1 Å². The van der Waals surface area contributed by atoms with Gasteiger partial charge in [-0.2, -0.15) is 0 Å². The first-order chi connectivity index (χ1) is 15.5. The van der Waals surface area contributed by atoms with Gasteiger partial charge in [0.1, 0.15) is 11.6 Å². The summed E-state index contributed by atoms with van der Waals surface area (Å²) in [6.45, 7) is 9.13. The number of likely N-dealkylation sites (tertiary alicyclic amines) is 1. The Hall–Kier alpha value is -2.45. The molecule has 1 aromatic rings. The summed E-state index contributed by atoms with van der Waals surface area (Å²) >= 11 is 0. The third-order valence-electron chi connectivity index (χ3n) is 7.36. The summed E-state index contributed by atoms with van der Waals surface area (Å²) in [6.07, 6.45) is 1.57. The van der Waals surface area contributed by atoms with E-state index in [1.165, 1.54) is 4.90 Å². The van der Waals surface area contributed by atoms with Crippen LogP contribution in [-0.4, -0.2) is 63.2 Å². The number of nitrogens with zero attached hydrogens (tertiary/aromatic N) is 1. The Morgan fingerprint density at radius 3 is 2.45 bits per heavy atom. The maximum Gasteiger partial charge on any atom is 0.246 e. The quantitative estimate of drug-likeness (QED) is 0.606. The predicted octanol–water partition coefficient (Wildman–Crippen LogP) is 2.08. The van der Waals surface area contributed by atoms with E-state index in [1.54, 1.807) is 12.1 Å². The second kappa shape index (κ2) is 8.09. The highest BCUT2D eigenvalue weighted by molar-refractivity contribution is 6.02. The lowest BCUT2D eigenvalue weighted by Gasteiger charge is -2.38. The Morgan fingerprint density at radius 1 is 1.21 bits per heavy atom. The van der Waals surface area contributed by atoms with Crippen LogP contribution in [0.25, 0.3) is 0 Å². The molecule has 0 saturated carbocycles. The Balaban J connectivity index is 1.75. The largest absolute Gasteiger partial charge is 0.394 e. The third kappa shape index (κ3) is 3.73. The first-order valence-electron chi connectivity index (χ1n) is 11.8. The smallest absolute Gasteiger partial charge is 0.246 e. The van der Waals surface area contributed by atoms with E-state index in [1.807, 2.05) is 52.8 Å². The average Bonchev–Trinajstić information content (AvgIpc) is 3.30. The number of ether oxygens (including phenoxy) is 1. The molecule has 8 nitrogen and oxygen atoms in total. The van der Waals surface area contributed by atoms with Crippen LogP contribution in [0.1, 0.15) is 53.9 Å². The van der Waals surface area contributed by atoms with Crippen LogP contribution in [0, 0.1) is 11.8 Å². The zero-order valence-corrected chi connectivity index (χ0v) is 20.1. The molecule has 2 bridgehead atoms. The summed E-state index contributed by atoms with van der Waals surface area (Å²) in [7, 11) is 0. The molecule has 3 aliphatic rings. The van der Waals surface area contributed by atoms with E-state index in [-0.39, 0.29) is 24.3 Å². The second-order valence-corrected chi connectivity index (χ2v) is 10.8. The van der Waals surface area contributed by atoms with Crippen molar-refractivity contribution in [2.45, 2.75) is 82.7 Å². The zero-order valence-electron chi connectivity index (χ0n) is 20.1. The summed E-state index contributed by atoms with van der Waals surface area (Å²) in [5.41, 5.74) is -1.80. The summed E-state index contributed by atoms with van der Waals surface area (Å²) in [6, 6.07) is 7.70. The number of amides is 3. The van der Waals surface area contributed by atoms with Crippen LogP contribution in [-0.2, 0) is 19.1 Å². The average molecular weight is 458 g/mol.